The summed E-state index contributed by atoms with van der Waals surface area (Å²) in [6.45, 7) is -0.342. The molecule has 4 nitrogen and oxygen atoms in total. The number of aliphatic hydroxyl groups is 2. The van der Waals surface area contributed by atoms with E-state index in [9.17, 15) is 9.90 Å². The molecular weight excluding hydrogens is 340 g/mol. The van der Waals surface area contributed by atoms with Crippen LogP contribution in [-0.4, -0.2) is 35.8 Å². The average molecular weight is 361 g/mol. The minimum atomic E-state index is -0.869. The minimum Gasteiger partial charge on any atom is -0.496 e. The molecule has 2 rings (SSSR count). The number of aliphatic hydroxyl groups excluding tert-OH is 2. The highest BCUT2D eigenvalue weighted by molar-refractivity contribution is 6.30. The Morgan fingerprint density at radius 2 is 1.92 bits per heavy atom. The number of Topliss-reactive ketones (excluding diaryl/α,β-unsaturated/α-hetero) is 1. The third-order valence-corrected chi connectivity index (χ3v) is 4.04. The van der Waals surface area contributed by atoms with Gasteiger partial charge in [-0.1, -0.05) is 35.9 Å². The zero-order valence-corrected chi connectivity index (χ0v) is 14.7. The molecule has 0 radical (unpaired) electrons. The molecule has 0 saturated heterocycles. The molecule has 0 aromatic heterocycles. The lowest BCUT2D eigenvalue weighted by molar-refractivity contribution is 0.0779. The summed E-state index contributed by atoms with van der Waals surface area (Å²) in [7, 11) is 1.58. The van der Waals surface area contributed by atoms with Crippen molar-refractivity contribution in [3.8, 4) is 5.75 Å². The molecule has 0 bridgehead atoms. The SMILES string of the molecule is COc1ccc(C(=O)CCC(O)CO)cc1/C=C/c1ccc(Cl)cc1. The third-order valence-electron chi connectivity index (χ3n) is 3.79. The van der Waals surface area contributed by atoms with Crippen LogP contribution in [0.15, 0.2) is 42.5 Å². The second kappa shape index (κ2) is 9.37. The molecule has 0 fully saturated rings. The molecule has 0 aliphatic heterocycles. The van der Waals surface area contributed by atoms with Crippen LogP contribution >= 0.6 is 11.6 Å². The first-order chi connectivity index (χ1) is 12.0. The summed E-state index contributed by atoms with van der Waals surface area (Å²) in [6, 6.07) is 12.6. The standard InChI is InChI=1S/C20H21ClO4/c1-25-20-11-6-15(19(24)10-9-18(23)13-22)12-16(20)5-2-14-3-7-17(21)8-4-14/h2-8,11-12,18,22-23H,9-10,13H2,1H3/b5-2+. The average Bonchev–Trinajstić information content (AvgIpc) is 2.65. The van der Waals surface area contributed by atoms with Crippen molar-refractivity contribution < 1.29 is 19.7 Å². The zero-order valence-electron chi connectivity index (χ0n) is 14.0. The van der Waals surface area contributed by atoms with Crippen molar-refractivity contribution in [3.05, 3.63) is 64.2 Å². The number of halogens is 1. The largest absolute Gasteiger partial charge is 0.496 e. The van der Waals surface area contributed by atoms with Crippen molar-refractivity contribution in [2.24, 2.45) is 0 Å². The second-order valence-corrected chi connectivity index (χ2v) is 6.08. The number of benzene rings is 2. The summed E-state index contributed by atoms with van der Waals surface area (Å²) in [5, 5.41) is 18.9. The van der Waals surface area contributed by atoms with Crippen molar-refractivity contribution in [1.82, 2.24) is 0 Å². The Balaban J connectivity index is 2.18. The van der Waals surface area contributed by atoms with Gasteiger partial charge in [-0.3, -0.25) is 4.79 Å². The predicted octanol–water partition coefficient (Wildman–Crippen LogP) is 3.84. The maximum Gasteiger partial charge on any atom is 0.162 e. The van der Waals surface area contributed by atoms with E-state index in [0.717, 1.165) is 11.1 Å². The van der Waals surface area contributed by atoms with Gasteiger partial charge in [0.1, 0.15) is 5.75 Å². The Labute approximate surface area is 152 Å². The summed E-state index contributed by atoms with van der Waals surface area (Å²) in [4.78, 5) is 12.3. The van der Waals surface area contributed by atoms with Gasteiger partial charge in [0, 0.05) is 22.6 Å². The summed E-state index contributed by atoms with van der Waals surface area (Å²) in [5.41, 5.74) is 2.31. The smallest absolute Gasteiger partial charge is 0.162 e. The molecule has 0 aliphatic carbocycles. The van der Waals surface area contributed by atoms with E-state index in [1.165, 1.54) is 0 Å². The third kappa shape index (κ3) is 5.71. The van der Waals surface area contributed by atoms with E-state index in [4.69, 9.17) is 21.4 Å². The molecule has 25 heavy (non-hydrogen) atoms. The van der Waals surface area contributed by atoms with E-state index in [-0.39, 0.29) is 25.2 Å². The van der Waals surface area contributed by atoms with Crippen molar-refractivity contribution in [1.29, 1.82) is 0 Å². The predicted molar refractivity (Wildman–Crippen MR) is 100 cm³/mol. The molecule has 0 spiro atoms. The number of carbonyl (C=O) groups is 1. The lowest BCUT2D eigenvalue weighted by Crippen LogP contribution is -2.14. The Morgan fingerprint density at radius 1 is 1.20 bits per heavy atom. The summed E-state index contributed by atoms with van der Waals surface area (Å²) in [5.74, 6) is 0.577. The number of hydrogen-bond donors (Lipinski definition) is 2. The van der Waals surface area contributed by atoms with Crippen LogP contribution in [-0.2, 0) is 0 Å². The molecule has 0 heterocycles. The highest BCUT2D eigenvalue weighted by atomic mass is 35.5. The molecule has 1 atom stereocenters. The minimum absolute atomic E-state index is 0.0868. The molecule has 5 heteroatoms. The van der Waals surface area contributed by atoms with Gasteiger partial charge in [0.2, 0.25) is 0 Å². The van der Waals surface area contributed by atoms with Crippen LogP contribution in [0.1, 0.15) is 34.3 Å². The van der Waals surface area contributed by atoms with Crippen molar-refractivity contribution in [3.63, 3.8) is 0 Å². The molecular formula is C20H21ClO4. The number of carbonyl (C=O) groups excluding carboxylic acids is 1. The van der Waals surface area contributed by atoms with Gasteiger partial charge >= 0.3 is 0 Å². The fourth-order valence-electron chi connectivity index (χ4n) is 2.33. The van der Waals surface area contributed by atoms with Crippen LogP contribution < -0.4 is 4.74 Å². The monoisotopic (exact) mass is 360 g/mol. The van der Waals surface area contributed by atoms with Crippen molar-refractivity contribution in [2.45, 2.75) is 18.9 Å². The van der Waals surface area contributed by atoms with Crippen molar-refractivity contribution in [2.75, 3.05) is 13.7 Å². The van der Waals surface area contributed by atoms with Gasteiger partial charge < -0.3 is 14.9 Å². The highest BCUT2D eigenvalue weighted by Crippen LogP contribution is 2.24. The lowest BCUT2D eigenvalue weighted by Gasteiger charge is -2.09. The van der Waals surface area contributed by atoms with Crippen LogP contribution in [0.2, 0.25) is 5.02 Å². The van der Waals surface area contributed by atoms with E-state index in [1.54, 1.807) is 25.3 Å². The Morgan fingerprint density at radius 3 is 2.56 bits per heavy atom. The number of rotatable bonds is 8. The van der Waals surface area contributed by atoms with E-state index in [2.05, 4.69) is 0 Å². The van der Waals surface area contributed by atoms with Crippen LogP contribution in [0.5, 0.6) is 5.75 Å². The summed E-state index contributed by atoms with van der Waals surface area (Å²) >= 11 is 5.88. The van der Waals surface area contributed by atoms with E-state index in [0.29, 0.717) is 16.3 Å². The number of hydrogen-bond acceptors (Lipinski definition) is 4. The normalized spacial score (nSPS) is 12.3. The van der Waals surface area contributed by atoms with E-state index < -0.39 is 6.10 Å². The fraction of sp³-hybridized carbons (Fsp3) is 0.250. The van der Waals surface area contributed by atoms with E-state index >= 15 is 0 Å². The van der Waals surface area contributed by atoms with Gasteiger partial charge in [-0.05, 0) is 42.3 Å². The first-order valence-corrected chi connectivity index (χ1v) is 8.35. The first-order valence-electron chi connectivity index (χ1n) is 7.97. The van der Waals surface area contributed by atoms with Gasteiger partial charge in [0.15, 0.2) is 5.78 Å². The Bertz CT molecular complexity index is 738. The van der Waals surface area contributed by atoms with Gasteiger partial charge in [0.25, 0.3) is 0 Å². The first kappa shape index (κ1) is 19.2. The van der Waals surface area contributed by atoms with Gasteiger partial charge in [-0.15, -0.1) is 0 Å². The highest BCUT2D eigenvalue weighted by Gasteiger charge is 2.11. The maximum atomic E-state index is 12.3. The molecule has 2 aromatic rings. The quantitative estimate of drug-likeness (QED) is 0.554. The molecule has 1 unspecified atom stereocenters. The van der Waals surface area contributed by atoms with Gasteiger partial charge in [-0.2, -0.15) is 0 Å². The van der Waals surface area contributed by atoms with Crippen LogP contribution in [0.4, 0.5) is 0 Å². The lowest BCUT2D eigenvalue weighted by atomic mass is 10.0. The van der Waals surface area contributed by atoms with Crippen molar-refractivity contribution >= 4 is 29.5 Å². The molecule has 2 N–H and O–H groups in total. The maximum absolute atomic E-state index is 12.3. The van der Waals surface area contributed by atoms with Crippen LogP contribution in [0.25, 0.3) is 12.2 Å². The number of ketones is 1. The molecule has 132 valence electrons. The molecule has 0 aliphatic rings. The number of ether oxygens (including phenoxy) is 1. The number of methoxy groups -OCH3 is 1. The van der Waals surface area contributed by atoms with Gasteiger partial charge in [-0.25, -0.2) is 0 Å². The zero-order chi connectivity index (χ0) is 18.2. The Hall–Kier alpha value is -2.14. The van der Waals surface area contributed by atoms with Crippen LogP contribution in [0.3, 0.4) is 0 Å². The molecule has 2 aromatic carbocycles. The summed E-state index contributed by atoms with van der Waals surface area (Å²) < 4.78 is 5.35. The summed E-state index contributed by atoms with van der Waals surface area (Å²) in [6.07, 6.45) is 3.33. The molecule has 0 amide bonds. The van der Waals surface area contributed by atoms with Gasteiger partial charge in [0.05, 0.1) is 19.8 Å². The Kier molecular flexibility index (Phi) is 7.19. The second-order valence-electron chi connectivity index (χ2n) is 5.64. The molecule has 0 saturated carbocycles. The van der Waals surface area contributed by atoms with E-state index in [1.807, 2.05) is 36.4 Å². The van der Waals surface area contributed by atoms with Crippen LogP contribution in [0, 0.1) is 0 Å². The fourth-order valence-corrected chi connectivity index (χ4v) is 2.46. The topological polar surface area (TPSA) is 66.8 Å².